The third-order valence-corrected chi connectivity index (χ3v) is 4.41. The van der Waals surface area contributed by atoms with Gasteiger partial charge in [-0.15, -0.1) is 0 Å². The second-order valence-corrected chi connectivity index (χ2v) is 6.68. The minimum absolute atomic E-state index is 0.598. The molecule has 7 heteroatoms. The number of ether oxygens (including phenoxy) is 1. The van der Waals surface area contributed by atoms with E-state index in [1.54, 1.807) is 0 Å². The van der Waals surface area contributed by atoms with Crippen LogP contribution in [0.15, 0.2) is 30.5 Å². The molecule has 0 spiro atoms. The van der Waals surface area contributed by atoms with Gasteiger partial charge in [0.05, 0.1) is 13.2 Å². The van der Waals surface area contributed by atoms with Crippen molar-refractivity contribution in [2.75, 3.05) is 69.0 Å². The molecule has 0 bridgehead atoms. The number of aromatic nitrogens is 2. The summed E-state index contributed by atoms with van der Waals surface area (Å²) in [5.41, 5.74) is 3.14. The Hall–Kier alpha value is -2.38. The van der Waals surface area contributed by atoms with Crippen LogP contribution in [-0.2, 0) is 4.74 Å². The summed E-state index contributed by atoms with van der Waals surface area (Å²) in [4.78, 5) is 13.5. The van der Waals surface area contributed by atoms with Crippen LogP contribution in [0, 0.1) is 6.92 Å². The van der Waals surface area contributed by atoms with E-state index in [4.69, 9.17) is 4.74 Å². The molecule has 1 aromatic carbocycles. The highest BCUT2D eigenvalue weighted by atomic mass is 16.5. The van der Waals surface area contributed by atoms with E-state index in [2.05, 4.69) is 42.5 Å². The molecule has 7 nitrogen and oxygen atoms in total. The lowest BCUT2D eigenvalue weighted by Crippen LogP contribution is -2.39. The van der Waals surface area contributed by atoms with Gasteiger partial charge < -0.3 is 20.3 Å². The molecule has 1 aliphatic rings. The molecule has 1 aliphatic heterocycles. The van der Waals surface area contributed by atoms with Gasteiger partial charge in [0.15, 0.2) is 0 Å². The summed E-state index contributed by atoms with van der Waals surface area (Å²) in [5, 5.41) is 6.72. The van der Waals surface area contributed by atoms with Crippen molar-refractivity contribution >= 4 is 23.1 Å². The van der Waals surface area contributed by atoms with Crippen molar-refractivity contribution < 1.29 is 4.74 Å². The minimum atomic E-state index is 0.598. The molecule has 2 heterocycles. The number of hydrogen-bond donors (Lipinski definition) is 2. The highest BCUT2D eigenvalue weighted by Gasteiger charge is 2.10. The Morgan fingerprint density at radius 1 is 1.23 bits per heavy atom. The Balaban J connectivity index is 1.60. The molecule has 0 saturated carbocycles. The van der Waals surface area contributed by atoms with Crippen molar-refractivity contribution in [1.82, 2.24) is 14.9 Å². The van der Waals surface area contributed by atoms with Crippen LogP contribution in [0.2, 0.25) is 0 Å². The van der Waals surface area contributed by atoms with Crippen LogP contribution in [0.5, 0.6) is 0 Å². The van der Waals surface area contributed by atoms with E-state index in [1.807, 2.05) is 39.3 Å². The van der Waals surface area contributed by atoms with E-state index in [-0.39, 0.29) is 0 Å². The third kappa shape index (κ3) is 5.06. The number of benzene rings is 1. The molecule has 0 amide bonds. The molecule has 1 fully saturated rings. The van der Waals surface area contributed by atoms with Gasteiger partial charge in [-0.05, 0) is 25.1 Å². The van der Waals surface area contributed by atoms with E-state index in [1.165, 1.54) is 0 Å². The lowest BCUT2D eigenvalue weighted by molar-refractivity contribution is 0.0398. The average molecular weight is 356 g/mol. The van der Waals surface area contributed by atoms with E-state index in [9.17, 15) is 0 Å². The second kappa shape index (κ2) is 8.82. The average Bonchev–Trinajstić information content (AvgIpc) is 2.65. The molecule has 1 aromatic heterocycles. The van der Waals surface area contributed by atoms with Gasteiger partial charge in [0, 0.05) is 63.4 Å². The van der Waals surface area contributed by atoms with Crippen LogP contribution in [0.1, 0.15) is 5.56 Å². The number of morpholine rings is 1. The van der Waals surface area contributed by atoms with Crippen LogP contribution < -0.4 is 15.5 Å². The monoisotopic (exact) mass is 356 g/mol. The Bertz CT molecular complexity index is 715. The summed E-state index contributed by atoms with van der Waals surface area (Å²) in [5.74, 6) is 1.47. The fourth-order valence-corrected chi connectivity index (χ4v) is 2.83. The van der Waals surface area contributed by atoms with Crippen molar-refractivity contribution in [3.05, 3.63) is 36.0 Å². The summed E-state index contributed by atoms with van der Waals surface area (Å²) < 4.78 is 5.38. The molecule has 0 atom stereocenters. The highest BCUT2D eigenvalue weighted by Crippen LogP contribution is 2.21. The summed E-state index contributed by atoms with van der Waals surface area (Å²) in [6.07, 6.45) is 1.85. The fourth-order valence-electron chi connectivity index (χ4n) is 2.83. The first-order valence-corrected chi connectivity index (χ1v) is 9.04. The zero-order valence-corrected chi connectivity index (χ0v) is 15.8. The van der Waals surface area contributed by atoms with Crippen LogP contribution in [0.25, 0.3) is 0 Å². The molecule has 26 heavy (non-hydrogen) atoms. The first-order chi connectivity index (χ1) is 12.6. The van der Waals surface area contributed by atoms with Gasteiger partial charge in [0.2, 0.25) is 5.95 Å². The molecular weight excluding hydrogens is 328 g/mol. The lowest BCUT2D eigenvalue weighted by Gasteiger charge is -2.26. The van der Waals surface area contributed by atoms with Crippen molar-refractivity contribution in [2.24, 2.45) is 0 Å². The summed E-state index contributed by atoms with van der Waals surface area (Å²) in [6, 6.07) is 8.18. The van der Waals surface area contributed by atoms with Gasteiger partial charge in [0.25, 0.3) is 0 Å². The van der Waals surface area contributed by atoms with Crippen LogP contribution >= 0.6 is 0 Å². The molecule has 3 rings (SSSR count). The zero-order valence-electron chi connectivity index (χ0n) is 15.8. The Morgan fingerprint density at radius 2 is 2.04 bits per heavy atom. The maximum Gasteiger partial charge on any atom is 0.229 e. The summed E-state index contributed by atoms with van der Waals surface area (Å²) in [6.45, 7) is 7.51. The summed E-state index contributed by atoms with van der Waals surface area (Å²) >= 11 is 0. The number of hydrogen-bond acceptors (Lipinski definition) is 7. The molecule has 0 aliphatic carbocycles. The van der Waals surface area contributed by atoms with Crippen molar-refractivity contribution in [3.8, 4) is 0 Å². The van der Waals surface area contributed by atoms with E-state index in [0.29, 0.717) is 5.95 Å². The van der Waals surface area contributed by atoms with Gasteiger partial charge in [-0.25, -0.2) is 4.98 Å². The first-order valence-electron chi connectivity index (χ1n) is 9.04. The van der Waals surface area contributed by atoms with Gasteiger partial charge in [0.1, 0.15) is 5.82 Å². The number of nitrogens with zero attached hydrogens (tertiary/aromatic N) is 4. The number of rotatable bonds is 7. The van der Waals surface area contributed by atoms with Crippen LogP contribution in [0.4, 0.5) is 23.1 Å². The first kappa shape index (κ1) is 18.4. The second-order valence-electron chi connectivity index (χ2n) is 6.68. The molecule has 140 valence electrons. The Kier molecular flexibility index (Phi) is 6.25. The number of aryl methyl sites for hydroxylation is 1. The van der Waals surface area contributed by atoms with Crippen LogP contribution in [-0.4, -0.2) is 68.4 Å². The smallest absolute Gasteiger partial charge is 0.229 e. The maximum atomic E-state index is 5.38. The standard InChI is InChI=1S/C19H28N6O/c1-15-14-21-19(22-16-5-4-6-17(13-16)24(2)3)23-18(15)20-7-8-25-9-11-26-12-10-25/h4-6,13-14H,7-12H2,1-3H3,(H2,20,21,22,23). The van der Waals surface area contributed by atoms with E-state index in [0.717, 1.165) is 62.1 Å². The highest BCUT2D eigenvalue weighted by molar-refractivity contribution is 5.62. The van der Waals surface area contributed by atoms with Crippen molar-refractivity contribution in [1.29, 1.82) is 0 Å². The summed E-state index contributed by atoms with van der Waals surface area (Å²) in [7, 11) is 4.05. The predicted octanol–water partition coefficient (Wildman–Crippen LogP) is 2.34. The van der Waals surface area contributed by atoms with Gasteiger partial charge in [-0.3, -0.25) is 4.90 Å². The van der Waals surface area contributed by atoms with Gasteiger partial charge in [-0.2, -0.15) is 4.98 Å². The minimum Gasteiger partial charge on any atom is -0.379 e. The van der Waals surface area contributed by atoms with E-state index < -0.39 is 0 Å². The number of anilines is 4. The molecule has 1 saturated heterocycles. The largest absolute Gasteiger partial charge is 0.379 e. The topological polar surface area (TPSA) is 65.6 Å². The fraction of sp³-hybridized carbons (Fsp3) is 0.474. The Morgan fingerprint density at radius 3 is 2.81 bits per heavy atom. The normalized spacial score (nSPS) is 14.9. The van der Waals surface area contributed by atoms with Gasteiger partial charge in [-0.1, -0.05) is 6.07 Å². The zero-order chi connectivity index (χ0) is 18.4. The predicted molar refractivity (Wildman–Crippen MR) is 107 cm³/mol. The quantitative estimate of drug-likeness (QED) is 0.789. The van der Waals surface area contributed by atoms with E-state index >= 15 is 0 Å². The van der Waals surface area contributed by atoms with Crippen molar-refractivity contribution in [3.63, 3.8) is 0 Å². The van der Waals surface area contributed by atoms with Crippen molar-refractivity contribution in [2.45, 2.75) is 6.92 Å². The molecular formula is C19H28N6O. The molecule has 0 radical (unpaired) electrons. The van der Waals surface area contributed by atoms with Gasteiger partial charge >= 0.3 is 0 Å². The molecule has 0 unspecified atom stereocenters. The SMILES string of the molecule is Cc1cnc(Nc2cccc(N(C)C)c2)nc1NCCN1CCOCC1. The Labute approximate surface area is 155 Å². The number of nitrogens with one attached hydrogen (secondary N) is 2. The third-order valence-electron chi connectivity index (χ3n) is 4.41. The maximum absolute atomic E-state index is 5.38. The lowest BCUT2D eigenvalue weighted by atomic mass is 10.2. The van der Waals surface area contributed by atoms with Crippen LogP contribution in [0.3, 0.4) is 0 Å². The molecule has 2 N–H and O–H groups in total. The molecule has 2 aromatic rings.